The standard InChI is InChI=1S/C12H17ClN2O2S/c13-6-7-14-8-10-15(11-9-14)18(16,17)12-4-2-1-3-5-12/h1-5H,6-11H2. The van der Waals surface area contributed by atoms with E-state index >= 15 is 0 Å². The number of hydrogen-bond acceptors (Lipinski definition) is 3. The van der Waals surface area contributed by atoms with E-state index in [9.17, 15) is 8.42 Å². The number of benzene rings is 1. The molecule has 0 radical (unpaired) electrons. The van der Waals surface area contributed by atoms with Gasteiger partial charge in [-0.3, -0.25) is 4.90 Å². The summed E-state index contributed by atoms with van der Waals surface area (Å²) in [6, 6.07) is 8.59. The molecule has 1 fully saturated rings. The third kappa shape index (κ3) is 3.03. The van der Waals surface area contributed by atoms with Crippen LogP contribution in [0.15, 0.2) is 35.2 Å². The number of hydrogen-bond donors (Lipinski definition) is 0. The molecular weight excluding hydrogens is 272 g/mol. The number of nitrogens with zero attached hydrogens (tertiary/aromatic N) is 2. The first-order valence-electron chi connectivity index (χ1n) is 5.98. The van der Waals surface area contributed by atoms with Crippen molar-refractivity contribution >= 4 is 21.6 Å². The maximum Gasteiger partial charge on any atom is 0.243 e. The second-order valence-corrected chi connectivity index (χ2v) is 6.56. The molecule has 18 heavy (non-hydrogen) atoms. The lowest BCUT2D eigenvalue weighted by atomic mass is 10.4. The zero-order valence-corrected chi connectivity index (χ0v) is 11.7. The average Bonchev–Trinajstić information content (AvgIpc) is 2.41. The van der Waals surface area contributed by atoms with E-state index in [1.165, 1.54) is 0 Å². The maximum absolute atomic E-state index is 12.3. The third-order valence-corrected chi connectivity index (χ3v) is 5.19. The molecule has 0 atom stereocenters. The Bertz CT molecular complexity index is 470. The lowest BCUT2D eigenvalue weighted by Crippen LogP contribution is -2.48. The van der Waals surface area contributed by atoms with Crippen LogP contribution in [-0.4, -0.2) is 56.2 Å². The molecular formula is C12H17ClN2O2S. The molecule has 0 spiro atoms. The van der Waals surface area contributed by atoms with E-state index in [2.05, 4.69) is 4.90 Å². The molecule has 4 nitrogen and oxygen atoms in total. The largest absolute Gasteiger partial charge is 0.300 e. The van der Waals surface area contributed by atoms with Crippen molar-refractivity contribution in [2.45, 2.75) is 4.90 Å². The summed E-state index contributed by atoms with van der Waals surface area (Å²) in [5.41, 5.74) is 0. The normalized spacial score (nSPS) is 18.9. The summed E-state index contributed by atoms with van der Waals surface area (Å²) >= 11 is 5.68. The van der Waals surface area contributed by atoms with Gasteiger partial charge in [0.25, 0.3) is 0 Å². The van der Waals surface area contributed by atoms with Crippen LogP contribution in [0.4, 0.5) is 0 Å². The van der Waals surface area contributed by atoms with Gasteiger partial charge < -0.3 is 0 Å². The summed E-state index contributed by atoms with van der Waals surface area (Å²) in [6.45, 7) is 3.39. The average molecular weight is 289 g/mol. The summed E-state index contributed by atoms with van der Waals surface area (Å²) in [5.74, 6) is 0.589. The van der Waals surface area contributed by atoms with Gasteiger partial charge in [-0.1, -0.05) is 18.2 Å². The van der Waals surface area contributed by atoms with Crippen LogP contribution in [0.2, 0.25) is 0 Å². The van der Waals surface area contributed by atoms with Crippen LogP contribution < -0.4 is 0 Å². The number of piperazine rings is 1. The monoisotopic (exact) mass is 288 g/mol. The molecule has 0 saturated carbocycles. The van der Waals surface area contributed by atoms with Crippen molar-refractivity contribution in [2.75, 3.05) is 38.6 Å². The van der Waals surface area contributed by atoms with Gasteiger partial charge in [0.2, 0.25) is 10.0 Å². The van der Waals surface area contributed by atoms with Crippen LogP contribution in [0.5, 0.6) is 0 Å². The highest BCUT2D eigenvalue weighted by Gasteiger charge is 2.27. The summed E-state index contributed by atoms with van der Waals surface area (Å²) in [5, 5.41) is 0. The van der Waals surface area contributed by atoms with Crippen LogP contribution in [0, 0.1) is 0 Å². The number of halogens is 1. The molecule has 0 bridgehead atoms. The van der Waals surface area contributed by atoms with Crippen molar-refractivity contribution in [3.63, 3.8) is 0 Å². The van der Waals surface area contributed by atoms with Gasteiger partial charge in [-0.05, 0) is 12.1 Å². The summed E-state index contributed by atoms with van der Waals surface area (Å²) in [4.78, 5) is 2.56. The van der Waals surface area contributed by atoms with Gasteiger partial charge >= 0.3 is 0 Å². The van der Waals surface area contributed by atoms with Crippen molar-refractivity contribution in [2.24, 2.45) is 0 Å². The minimum absolute atomic E-state index is 0.371. The molecule has 1 aromatic carbocycles. The maximum atomic E-state index is 12.3. The van der Waals surface area contributed by atoms with Gasteiger partial charge in [0, 0.05) is 38.6 Å². The van der Waals surface area contributed by atoms with Gasteiger partial charge in [-0.25, -0.2) is 8.42 Å². The molecule has 2 rings (SSSR count). The fourth-order valence-corrected chi connectivity index (χ4v) is 3.74. The van der Waals surface area contributed by atoms with E-state index in [-0.39, 0.29) is 0 Å². The fourth-order valence-electron chi connectivity index (χ4n) is 2.05. The van der Waals surface area contributed by atoms with Crippen molar-refractivity contribution in [1.29, 1.82) is 0 Å². The van der Waals surface area contributed by atoms with Crippen LogP contribution in [-0.2, 0) is 10.0 Å². The van der Waals surface area contributed by atoms with Crippen molar-refractivity contribution in [3.05, 3.63) is 30.3 Å². The minimum Gasteiger partial charge on any atom is -0.300 e. The quantitative estimate of drug-likeness (QED) is 0.783. The highest BCUT2D eigenvalue weighted by molar-refractivity contribution is 7.89. The van der Waals surface area contributed by atoms with Gasteiger partial charge in [-0.15, -0.1) is 11.6 Å². The Kier molecular flexibility index (Phi) is 4.61. The molecule has 1 heterocycles. The van der Waals surface area contributed by atoms with Crippen LogP contribution in [0.1, 0.15) is 0 Å². The number of sulfonamides is 1. The highest BCUT2D eigenvalue weighted by Crippen LogP contribution is 2.16. The van der Waals surface area contributed by atoms with E-state index in [0.717, 1.165) is 19.6 Å². The molecule has 1 aromatic rings. The van der Waals surface area contributed by atoms with Crippen LogP contribution in [0.25, 0.3) is 0 Å². The minimum atomic E-state index is -3.33. The van der Waals surface area contributed by atoms with Crippen LogP contribution >= 0.6 is 11.6 Å². The zero-order valence-electron chi connectivity index (χ0n) is 10.1. The lowest BCUT2D eigenvalue weighted by Gasteiger charge is -2.33. The Balaban J connectivity index is 2.05. The van der Waals surface area contributed by atoms with Crippen molar-refractivity contribution in [1.82, 2.24) is 9.21 Å². The summed E-state index contributed by atoms with van der Waals surface area (Å²) < 4.78 is 26.2. The molecule has 100 valence electrons. The third-order valence-electron chi connectivity index (χ3n) is 3.11. The van der Waals surface area contributed by atoms with E-state index < -0.39 is 10.0 Å². The zero-order chi connectivity index (χ0) is 13.0. The van der Waals surface area contributed by atoms with E-state index in [1.54, 1.807) is 28.6 Å². The van der Waals surface area contributed by atoms with Gasteiger partial charge in [0.05, 0.1) is 4.90 Å². The highest BCUT2D eigenvalue weighted by atomic mass is 35.5. The predicted molar refractivity (Wildman–Crippen MR) is 72.4 cm³/mol. The lowest BCUT2D eigenvalue weighted by molar-refractivity contribution is 0.197. The Morgan fingerprint density at radius 2 is 1.67 bits per heavy atom. The number of alkyl halides is 1. The topological polar surface area (TPSA) is 40.6 Å². The molecule has 0 N–H and O–H groups in total. The molecule has 0 unspecified atom stereocenters. The second-order valence-electron chi connectivity index (χ2n) is 4.25. The fraction of sp³-hybridized carbons (Fsp3) is 0.500. The first-order chi connectivity index (χ1) is 8.64. The Morgan fingerprint density at radius 1 is 1.06 bits per heavy atom. The molecule has 1 saturated heterocycles. The van der Waals surface area contributed by atoms with Gasteiger partial charge in [0.1, 0.15) is 0 Å². The Labute approximate surface area is 113 Å². The Morgan fingerprint density at radius 3 is 2.22 bits per heavy atom. The van der Waals surface area contributed by atoms with Gasteiger partial charge in [-0.2, -0.15) is 4.31 Å². The van der Waals surface area contributed by atoms with Crippen molar-refractivity contribution < 1.29 is 8.42 Å². The van der Waals surface area contributed by atoms with E-state index in [0.29, 0.717) is 23.9 Å². The first kappa shape index (κ1) is 13.8. The number of rotatable bonds is 4. The first-order valence-corrected chi connectivity index (χ1v) is 7.95. The molecule has 0 aliphatic carbocycles. The smallest absolute Gasteiger partial charge is 0.243 e. The summed E-state index contributed by atoms with van der Waals surface area (Å²) in [6.07, 6.45) is 0. The molecule has 6 heteroatoms. The molecule has 1 aliphatic heterocycles. The van der Waals surface area contributed by atoms with E-state index in [4.69, 9.17) is 11.6 Å². The SMILES string of the molecule is O=S(=O)(c1ccccc1)N1CCN(CCCl)CC1. The van der Waals surface area contributed by atoms with Crippen molar-refractivity contribution in [3.8, 4) is 0 Å². The second kappa shape index (κ2) is 6.02. The Hall–Kier alpha value is -0.620. The predicted octanol–water partition coefficient (Wildman–Crippen LogP) is 1.23. The summed E-state index contributed by atoms with van der Waals surface area (Å²) in [7, 11) is -3.33. The molecule has 1 aliphatic rings. The van der Waals surface area contributed by atoms with Gasteiger partial charge in [0.15, 0.2) is 0 Å². The molecule has 0 amide bonds. The van der Waals surface area contributed by atoms with E-state index in [1.807, 2.05) is 6.07 Å². The van der Waals surface area contributed by atoms with Crippen LogP contribution in [0.3, 0.4) is 0 Å². The molecule has 0 aromatic heterocycles.